The van der Waals surface area contributed by atoms with Gasteiger partial charge in [-0.15, -0.1) is 30.1 Å². The van der Waals surface area contributed by atoms with Gasteiger partial charge in [0.15, 0.2) is 9.84 Å². The van der Waals surface area contributed by atoms with Crippen LogP contribution in [0, 0.1) is 5.41 Å². The molecule has 4 N–H and O–H groups in total. The van der Waals surface area contributed by atoms with Crippen LogP contribution in [0.25, 0.3) is 0 Å². The van der Waals surface area contributed by atoms with Crippen LogP contribution in [-0.4, -0.2) is 106 Å². The topological polar surface area (TPSA) is 171 Å². The number of thioether (sulfide) groups is 2. The second-order valence-corrected chi connectivity index (χ2v) is 22.3. The summed E-state index contributed by atoms with van der Waals surface area (Å²) < 4.78 is 25.3. The SMILES string of the molecule is C=CCNC(=O)C(=O)C(CCCC)NC(=O)[C@@H]1CC2(CN1C(=O)[C@@H](NC(=O)NC1(CS(=O)(=O)C(C)(C)C)CCCCC1)C(C)(C)C)SCCCS2. The first-order chi connectivity index (χ1) is 23.7. The number of ketones is 1. The summed E-state index contributed by atoms with van der Waals surface area (Å²) in [5.74, 6) is -0.924. The highest BCUT2D eigenvalue weighted by molar-refractivity contribution is 8.18. The highest BCUT2D eigenvalue weighted by atomic mass is 32.2. The van der Waals surface area contributed by atoms with Crippen molar-refractivity contribution in [2.24, 2.45) is 5.41 Å². The Balaban J connectivity index is 1.91. The van der Waals surface area contributed by atoms with Gasteiger partial charge in [0.25, 0.3) is 5.91 Å². The van der Waals surface area contributed by atoms with E-state index in [0.29, 0.717) is 25.7 Å². The maximum atomic E-state index is 14.7. The van der Waals surface area contributed by atoms with Crippen LogP contribution in [0.3, 0.4) is 0 Å². The van der Waals surface area contributed by atoms with Crippen molar-refractivity contribution in [3.63, 3.8) is 0 Å². The molecular weight excluding hydrogens is 711 g/mol. The number of carbonyl (C=O) groups is 5. The molecule has 3 rings (SSSR count). The van der Waals surface area contributed by atoms with Crippen molar-refractivity contribution in [2.45, 2.75) is 145 Å². The summed E-state index contributed by atoms with van der Waals surface area (Å²) in [4.78, 5) is 70.0. The van der Waals surface area contributed by atoms with Crippen LogP contribution in [0.4, 0.5) is 4.79 Å². The lowest BCUT2D eigenvalue weighted by molar-refractivity contribution is -0.143. The number of hydrogen-bond donors (Lipinski definition) is 4. The molecule has 0 aromatic heterocycles. The van der Waals surface area contributed by atoms with Crippen molar-refractivity contribution >= 4 is 62.9 Å². The summed E-state index contributed by atoms with van der Waals surface area (Å²) >= 11 is 3.45. The van der Waals surface area contributed by atoms with E-state index in [-0.39, 0.29) is 25.3 Å². The van der Waals surface area contributed by atoms with E-state index in [0.717, 1.165) is 43.6 Å². The Morgan fingerprint density at radius 1 is 0.961 bits per heavy atom. The first-order valence-electron chi connectivity index (χ1n) is 18.3. The monoisotopic (exact) mass is 771 g/mol. The lowest BCUT2D eigenvalue weighted by atomic mass is 9.83. The van der Waals surface area contributed by atoms with E-state index in [9.17, 15) is 32.4 Å². The number of unbranched alkanes of at least 4 members (excludes halogenated alkanes) is 1. The van der Waals surface area contributed by atoms with Crippen molar-refractivity contribution in [3.05, 3.63) is 12.7 Å². The number of sulfone groups is 1. The van der Waals surface area contributed by atoms with Crippen LogP contribution in [0.1, 0.15) is 113 Å². The quantitative estimate of drug-likeness (QED) is 0.148. The number of nitrogens with one attached hydrogen (secondary N) is 4. The minimum absolute atomic E-state index is 0.114. The van der Waals surface area contributed by atoms with Crippen LogP contribution >= 0.6 is 23.5 Å². The van der Waals surface area contributed by atoms with E-state index in [1.54, 1.807) is 44.3 Å². The Labute approximate surface area is 313 Å². The predicted molar refractivity (Wildman–Crippen MR) is 206 cm³/mol. The molecule has 1 spiro atoms. The molecule has 15 heteroatoms. The molecule has 0 bridgehead atoms. The first-order valence-corrected chi connectivity index (χ1v) is 21.9. The number of rotatable bonds is 14. The number of amides is 5. The van der Waals surface area contributed by atoms with E-state index < -0.39 is 77.3 Å². The summed E-state index contributed by atoms with van der Waals surface area (Å²) in [5.41, 5.74) is -1.74. The van der Waals surface area contributed by atoms with Gasteiger partial charge in [-0.2, -0.15) is 0 Å². The second-order valence-electron chi connectivity index (χ2n) is 16.3. The smallest absolute Gasteiger partial charge is 0.315 e. The van der Waals surface area contributed by atoms with Crippen LogP contribution in [0.2, 0.25) is 0 Å². The molecule has 1 aliphatic carbocycles. The second kappa shape index (κ2) is 17.7. The van der Waals surface area contributed by atoms with Crippen molar-refractivity contribution in [1.82, 2.24) is 26.2 Å². The van der Waals surface area contributed by atoms with Gasteiger partial charge < -0.3 is 26.2 Å². The third-order valence-corrected chi connectivity index (χ3v) is 16.1. The minimum Gasteiger partial charge on any atom is -0.346 e. The van der Waals surface area contributed by atoms with Gasteiger partial charge in [-0.25, -0.2) is 13.2 Å². The van der Waals surface area contributed by atoms with Gasteiger partial charge in [0, 0.05) is 19.5 Å². The van der Waals surface area contributed by atoms with Crippen LogP contribution in [0.15, 0.2) is 12.7 Å². The normalized spacial score (nSPS) is 21.6. The van der Waals surface area contributed by atoms with E-state index in [4.69, 9.17) is 0 Å². The standard InChI is InChI=1S/C36H61N5O7S3/c1-9-11-16-25(27(42)30(44)37-19-10-2)38-29(43)26-22-36(49-20-15-21-50-36)23-41(26)31(45)28(33(3,4)5)39-32(46)40-35(17-13-12-14-18-35)24-51(47,48)34(6,7)8/h10,25-26,28H,2,9,11-24H2,1,3-8H3,(H,37,44)(H,38,43)(H2,39,40,46)/t25?,26-,28+/m0/s1. The van der Waals surface area contributed by atoms with Crippen LogP contribution in [-0.2, 0) is 29.0 Å². The Bertz CT molecular complexity index is 1390. The molecule has 51 heavy (non-hydrogen) atoms. The Morgan fingerprint density at radius 3 is 2.14 bits per heavy atom. The first kappa shape index (κ1) is 43.1. The molecule has 3 atom stereocenters. The highest BCUT2D eigenvalue weighted by Crippen LogP contribution is 2.50. The molecule has 1 unspecified atom stereocenters. The van der Waals surface area contributed by atoms with E-state index in [1.165, 1.54) is 11.0 Å². The van der Waals surface area contributed by atoms with Crippen LogP contribution in [0.5, 0.6) is 0 Å². The fraction of sp³-hybridized carbons (Fsp3) is 0.806. The molecule has 1 saturated carbocycles. The molecule has 2 heterocycles. The zero-order chi connectivity index (χ0) is 38.3. The zero-order valence-electron chi connectivity index (χ0n) is 31.7. The van der Waals surface area contributed by atoms with Crippen molar-refractivity contribution in [3.8, 4) is 0 Å². The van der Waals surface area contributed by atoms with Crippen LogP contribution < -0.4 is 21.3 Å². The van der Waals surface area contributed by atoms with Gasteiger partial charge in [0.05, 0.1) is 26.2 Å². The maximum Gasteiger partial charge on any atom is 0.315 e. The number of likely N-dealkylation sites (tertiary alicyclic amines) is 1. The van der Waals surface area contributed by atoms with Gasteiger partial charge in [-0.3, -0.25) is 19.2 Å². The van der Waals surface area contributed by atoms with Gasteiger partial charge >= 0.3 is 6.03 Å². The lowest BCUT2D eigenvalue weighted by Gasteiger charge is -2.41. The largest absolute Gasteiger partial charge is 0.346 e. The average Bonchev–Trinajstić information content (AvgIpc) is 3.41. The molecule has 3 fully saturated rings. The molecule has 3 aliphatic rings. The molecule has 0 aromatic carbocycles. The third kappa shape index (κ3) is 11.4. The number of nitrogens with zero attached hydrogens (tertiary/aromatic N) is 1. The fourth-order valence-corrected chi connectivity index (χ4v) is 11.7. The Morgan fingerprint density at radius 2 is 1.59 bits per heavy atom. The van der Waals surface area contributed by atoms with Crippen molar-refractivity contribution < 1.29 is 32.4 Å². The summed E-state index contributed by atoms with van der Waals surface area (Å²) in [6.07, 6.45) is 8.00. The third-order valence-electron chi connectivity index (χ3n) is 9.98. The molecule has 12 nitrogen and oxygen atoms in total. The van der Waals surface area contributed by atoms with E-state index >= 15 is 0 Å². The summed E-state index contributed by atoms with van der Waals surface area (Å²) in [5, 5.41) is 11.2. The lowest BCUT2D eigenvalue weighted by Crippen LogP contribution is -2.63. The number of urea groups is 1. The number of carbonyl (C=O) groups excluding carboxylic acids is 5. The van der Waals surface area contributed by atoms with Gasteiger partial charge in [-0.1, -0.05) is 65.9 Å². The van der Waals surface area contributed by atoms with E-state index in [1.807, 2.05) is 27.7 Å². The number of Topliss-reactive ketones (excluding diaryl/α,β-unsaturated/α-hetero) is 1. The summed E-state index contributed by atoms with van der Waals surface area (Å²) in [6, 6.07) is -3.66. The average molecular weight is 772 g/mol. The maximum absolute atomic E-state index is 14.7. The predicted octanol–water partition coefficient (Wildman–Crippen LogP) is 4.33. The molecular formula is C36H61N5O7S3. The van der Waals surface area contributed by atoms with Gasteiger partial charge in [-0.05, 0) is 63.4 Å². The van der Waals surface area contributed by atoms with E-state index in [2.05, 4.69) is 27.8 Å². The van der Waals surface area contributed by atoms with Gasteiger partial charge in [0.2, 0.25) is 17.6 Å². The van der Waals surface area contributed by atoms with Gasteiger partial charge in [0.1, 0.15) is 12.1 Å². The summed E-state index contributed by atoms with van der Waals surface area (Å²) in [7, 11) is -3.57. The molecule has 290 valence electrons. The minimum atomic E-state index is -3.57. The molecule has 0 aromatic rings. The van der Waals surface area contributed by atoms with Crippen molar-refractivity contribution in [2.75, 3.05) is 30.3 Å². The highest BCUT2D eigenvalue weighted by Gasteiger charge is 2.53. The molecule has 5 amide bonds. The molecule has 2 saturated heterocycles. The Kier molecular flexibility index (Phi) is 15.0. The zero-order valence-corrected chi connectivity index (χ0v) is 34.1. The number of hydrogen-bond acceptors (Lipinski definition) is 9. The Hall–Kier alpha value is -2.26. The summed E-state index contributed by atoms with van der Waals surface area (Å²) in [6.45, 7) is 16.4. The van der Waals surface area contributed by atoms with Crippen molar-refractivity contribution in [1.29, 1.82) is 0 Å². The fourth-order valence-electron chi connectivity index (χ4n) is 6.82. The molecule has 2 aliphatic heterocycles. The molecule has 0 radical (unpaired) electrons.